The molecule has 0 saturated carbocycles. The highest BCUT2D eigenvalue weighted by molar-refractivity contribution is 5.72. The predicted molar refractivity (Wildman–Crippen MR) is 57.9 cm³/mol. The third-order valence-electron chi connectivity index (χ3n) is 2.30. The Kier molecular flexibility index (Phi) is 2.95. The van der Waals surface area contributed by atoms with Gasteiger partial charge in [0.2, 0.25) is 5.88 Å². The molecule has 0 aliphatic carbocycles. The lowest BCUT2D eigenvalue weighted by Gasteiger charge is -2.10. The van der Waals surface area contributed by atoms with Gasteiger partial charge in [0.05, 0.1) is 12.7 Å². The molecule has 90 valence electrons. The zero-order chi connectivity index (χ0) is 12.4. The summed E-state index contributed by atoms with van der Waals surface area (Å²) in [5, 5.41) is 3.62. The number of aromatic nitrogens is 1. The van der Waals surface area contributed by atoms with Crippen LogP contribution in [0.25, 0.3) is 11.3 Å². The van der Waals surface area contributed by atoms with E-state index in [1.807, 2.05) is 0 Å². The van der Waals surface area contributed by atoms with Crippen molar-refractivity contribution in [3.63, 3.8) is 0 Å². The number of halogens is 2. The van der Waals surface area contributed by atoms with Gasteiger partial charge in [-0.15, -0.1) is 0 Å². The number of anilines is 1. The van der Waals surface area contributed by atoms with Crippen LogP contribution < -0.4 is 10.5 Å². The third kappa shape index (κ3) is 2.06. The van der Waals surface area contributed by atoms with Crippen molar-refractivity contribution < 1.29 is 18.0 Å². The van der Waals surface area contributed by atoms with Crippen molar-refractivity contribution >= 4 is 5.88 Å². The van der Waals surface area contributed by atoms with Crippen molar-refractivity contribution in [3.05, 3.63) is 29.8 Å². The molecule has 0 aliphatic rings. The van der Waals surface area contributed by atoms with Crippen LogP contribution in [0.3, 0.4) is 0 Å². The van der Waals surface area contributed by atoms with Gasteiger partial charge in [-0.1, -0.05) is 17.3 Å². The molecular formula is C11H10F2N2O2. The van der Waals surface area contributed by atoms with Crippen molar-refractivity contribution in [1.82, 2.24) is 5.16 Å². The SMILES string of the molecule is COc1cccc(C(F)F)c1-c1cc(N)on1. The molecule has 0 amide bonds. The molecule has 1 aromatic heterocycles. The quantitative estimate of drug-likeness (QED) is 0.896. The highest BCUT2D eigenvalue weighted by Crippen LogP contribution is 2.37. The van der Waals surface area contributed by atoms with E-state index in [0.29, 0.717) is 5.75 Å². The number of benzene rings is 1. The molecule has 4 nitrogen and oxygen atoms in total. The summed E-state index contributed by atoms with van der Waals surface area (Å²) in [7, 11) is 1.40. The Labute approximate surface area is 96.0 Å². The highest BCUT2D eigenvalue weighted by atomic mass is 19.3. The minimum absolute atomic E-state index is 0.0612. The molecule has 6 heteroatoms. The first-order valence-corrected chi connectivity index (χ1v) is 4.81. The Balaban J connectivity index is 2.64. The van der Waals surface area contributed by atoms with Gasteiger partial charge in [-0.25, -0.2) is 8.78 Å². The number of ether oxygens (including phenoxy) is 1. The standard InChI is InChI=1S/C11H10F2N2O2/c1-16-8-4-2-3-6(11(12)13)10(8)7-5-9(14)17-15-7/h2-5,11H,14H2,1H3. The maximum Gasteiger partial charge on any atom is 0.264 e. The van der Waals surface area contributed by atoms with Gasteiger partial charge >= 0.3 is 0 Å². The van der Waals surface area contributed by atoms with Crippen molar-refractivity contribution in [2.45, 2.75) is 6.43 Å². The summed E-state index contributed by atoms with van der Waals surface area (Å²) in [6, 6.07) is 5.76. The summed E-state index contributed by atoms with van der Waals surface area (Å²) in [5.74, 6) is 0.363. The van der Waals surface area contributed by atoms with Crippen LogP contribution in [0.5, 0.6) is 5.75 Å². The molecule has 0 saturated heterocycles. The molecule has 0 fully saturated rings. The third-order valence-corrected chi connectivity index (χ3v) is 2.30. The monoisotopic (exact) mass is 240 g/mol. The van der Waals surface area contributed by atoms with Crippen LogP contribution in [0.15, 0.2) is 28.8 Å². The van der Waals surface area contributed by atoms with Crippen LogP contribution in [-0.4, -0.2) is 12.3 Å². The zero-order valence-electron chi connectivity index (χ0n) is 8.98. The van der Waals surface area contributed by atoms with Gasteiger partial charge in [0.25, 0.3) is 6.43 Å². The van der Waals surface area contributed by atoms with Crippen LogP contribution in [-0.2, 0) is 0 Å². The number of rotatable bonds is 3. The van der Waals surface area contributed by atoms with E-state index in [9.17, 15) is 8.78 Å². The molecule has 1 heterocycles. The minimum atomic E-state index is -2.63. The first-order chi connectivity index (χ1) is 8.13. The molecule has 2 aromatic rings. The average Bonchev–Trinajstić information content (AvgIpc) is 2.74. The summed E-state index contributed by atoms with van der Waals surface area (Å²) in [6.45, 7) is 0. The van der Waals surface area contributed by atoms with Crippen molar-refractivity contribution in [3.8, 4) is 17.0 Å². The molecule has 0 unspecified atom stereocenters. The Bertz CT molecular complexity index is 526. The zero-order valence-corrected chi connectivity index (χ0v) is 8.98. The second-order valence-corrected chi connectivity index (χ2v) is 3.34. The van der Waals surface area contributed by atoms with E-state index in [1.54, 1.807) is 6.07 Å². The van der Waals surface area contributed by atoms with Gasteiger partial charge < -0.3 is 15.0 Å². The molecule has 0 bridgehead atoms. The number of alkyl halides is 2. The molecule has 17 heavy (non-hydrogen) atoms. The topological polar surface area (TPSA) is 61.3 Å². The first-order valence-electron chi connectivity index (χ1n) is 4.81. The molecule has 2 N–H and O–H groups in total. The second kappa shape index (κ2) is 4.40. The van der Waals surface area contributed by atoms with Gasteiger partial charge in [0.1, 0.15) is 11.4 Å². The first kappa shape index (κ1) is 11.4. The lowest BCUT2D eigenvalue weighted by Crippen LogP contribution is -1.95. The van der Waals surface area contributed by atoms with E-state index in [2.05, 4.69) is 9.68 Å². The number of methoxy groups -OCH3 is 1. The Morgan fingerprint density at radius 1 is 1.41 bits per heavy atom. The number of hydrogen-bond donors (Lipinski definition) is 1. The van der Waals surface area contributed by atoms with Crippen LogP contribution in [0, 0.1) is 0 Å². The fourth-order valence-electron chi connectivity index (χ4n) is 1.58. The fraction of sp³-hybridized carbons (Fsp3) is 0.182. The predicted octanol–water partition coefficient (Wildman–Crippen LogP) is 2.87. The summed E-state index contributed by atoms with van der Waals surface area (Å²) < 4.78 is 35.5. The Morgan fingerprint density at radius 3 is 2.71 bits per heavy atom. The largest absolute Gasteiger partial charge is 0.496 e. The van der Waals surface area contributed by atoms with Gasteiger partial charge in [0.15, 0.2) is 0 Å². The molecular weight excluding hydrogens is 230 g/mol. The van der Waals surface area contributed by atoms with Gasteiger partial charge in [-0.2, -0.15) is 0 Å². The van der Waals surface area contributed by atoms with Crippen LogP contribution in [0.1, 0.15) is 12.0 Å². The van der Waals surface area contributed by atoms with Crippen molar-refractivity contribution in [2.75, 3.05) is 12.8 Å². The van der Waals surface area contributed by atoms with Crippen LogP contribution in [0.2, 0.25) is 0 Å². The summed E-state index contributed by atoms with van der Waals surface area (Å²) in [5.41, 5.74) is 5.64. The van der Waals surface area contributed by atoms with E-state index in [0.717, 1.165) is 0 Å². The normalized spacial score (nSPS) is 10.8. The number of nitrogens with two attached hydrogens (primary N) is 1. The minimum Gasteiger partial charge on any atom is -0.496 e. The lowest BCUT2D eigenvalue weighted by atomic mass is 10.0. The summed E-state index contributed by atoms with van der Waals surface area (Å²) >= 11 is 0. The molecule has 0 aliphatic heterocycles. The Hall–Kier alpha value is -2.11. The van der Waals surface area contributed by atoms with Crippen LogP contribution >= 0.6 is 0 Å². The van der Waals surface area contributed by atoms with E-state index in [-0.39, 0.29) is 22.7 Å². The molecule has 1 aromatic carbocycles. The van der Waals surface area contributed by atoms with E-state index in [1.165, 1.54) is 25.3 Å². The van der Waals surface area contributed by atoms with Crippen molar-refractivity contribution in [1.29, 1.82) is 0 Å². The van der Waals surface area contributed by atoms with Gasteiger partial charge in [0, 0.05) is 11.6 Å². The molecule has 0 radical (unpaired) electrons. The maximum atomic E-state index is 12.9. The van der Waals surface area contributed by atoms with Crippen molar-refractivity contribution in [2.24, 2.45) is 0 Å². The van der Waals surface area contributed by atoms with Gasteiger partial charge in [-0.05, 0) is 6.07 Å². The second-order valence-electron chi connectivity index (χ2n) is 3.34. The maximum absolute atomic E-state index is 12.9. The lowest BCUT2D eigenvalue weighted by molar-refractivity contribution is 0.151. The average molecular weight is 240 g/mol. The molecule has 2 rings (SSSR count). The fourth-order valence-corrected chi connectivity index (χ4v) is 1.58. The van der Waals surface area contributed by atoms with Crippen LogP contribution in [0.4, 0.5) is 14.7 Å². The number of nitrogens with zero attached hydrogens (tertiary/aromatic N) is 1. The Morgan fingerprint density at radius 2 is 2.18 bits per heavy atom. The van der Waals surface area contributed by atoms with E-state index >= 15 is 0 Å². The van der Waals surface area contributed by atoms with E-state index in [4.69, 9.17) is 10.5 Å². The van der Waals surface area contributed by atoms with Gasteiger partial charge in [-0.3, -0.25) is 0 Å². The number of hydrogen-bond acceptors (Lipinski definition) is 4. The summed E-state index contributed by atoms with van der Waals surface area (Å²) in [6.07, 6.45) is -2.63. The number of nitrogen functional groups attached to an aromatic ring is 1. The molecule has 0 atom stereocenters. The summed E-state index contributed by atoms with van der Waals surface area (Å²) in [4.78, 5) is 0. The smallest absolute Gasteiger partial charge is 0.264 e. The molecule has 0 spiro atoms. The van der Waals surface area contributed by atoms with E-state index < -0.39 is 6.43 Å². The highest BCUT2D eigenvalue weighted by Gasteiger charge is 2.20.